The Morgan fingerprint density at radius 1 is 0.531 bits per heavy atom. The maximum absolute atomic E-state index is 14.7. The van der Waals surface area contributed by atoms with Crippen LogP contribution in [0.2, 0.25) is 0 Å². The van der Waals surface area contributed by atoms with Gasteiger partial charge in [0.25, 0.3) is 0 Å². The lowest BCUT2D eigenvalue weighted by Crippen LogP contribution is -2.60. The van der Waals surface area contributed by atoms with Gasteiger partial charge >= 0.3 is 6.09 Å². The number of sulfonamides is 1. The van der Waals surface area contributed by atoms with Crippen molar-refractivity contribution in [3.8, 4) is 11.5 Å². The Bertz CT molecular complexity index is 3770. The number of ether oxygens (including phenoxy) is 1. The molecule has 6 aromatic rings. The number of phenols is 2. The number of benzene rings is 5. The van der Waals surface area contributed by atoms with Crippen LogP contribution in [0.15, 0.2) is 145 Å². The number of nitrogens with two attached hydrogens (primary N) is 4. The Morgan fingerprint density at radius 3 is 1.48 bits per heavy atom. The van der Waals surface area contributed by atoms with E-state index in [0.29, 0.717) is 41.5 Å². The zero-order valence-electron chi connectivity index (χ0n) is 54.3. The fourth-order valence-electron chi connectivity index (χ4n) is 10.1. The van der Waals surface area contributed by atoms with Gasteiger partial charge in [0.05, 0.1) is 17.1 Å². The quantitative estimate of drug-likeness (QED) is 0.0228. The number of nitrogens with zero attached hydrogens (tertiary/aromatic N) is 3. The van der Waals surface area contributed by atoms with Crippen molar-refractivity contribution in [1.29, 1.82) is 0 Å². The van der Waals surface area contributed by atoms with Crippen LogP contribution in [0, 0.1) is 5.92 Å². The summed E-state index contributed by atoms with van der Waals surface area (Å²) in [6.45, 7) is 3.49. The molecule has 30 nitrogen and oxygen atoms in total. The highest BCUT2D eigenvalue weighted by molar-refractivity contribution is 7.89. The molecule has 7 atom stereocenters. The van der Waals surface area contributed by atoms with Crippen LogP contribution in [0.3, 0.4) is 0 Å². The Kier molecular flexibility index (Phi) is 29.6. The molecular weight excluding hydrogens is 1290 g/mol. The summed E-state index contributed by atoms with van der Waals surface area (Å²) in [5.41, 5.74) is 21.0. The first-order valence-electron chi connectivity index (χ1n) is 31.6. The molecule has 0 saturated heterocycles. The van der Waals surface area contributed by atoms with Crippen LogP contribution in [0.1, 0.15) is 85.9 Å². The van der Waals surface area contributed by atoms with Gasteiger partial charge in [-0.3, -0.25) is 43.2 Å². The summed E-state index contributed by atoms with van der Waals surface area (Å²) in [6.07, 6.45) is 0.610. The van der Waals surface area contributed by atoms with Gasteiger partial charge in [-0.25, -0.2) is 23.0 Å². The van der Waals surface area contributed by atoms with Crippen LogP contribution in [0.25, 0.3) is 0 Å². The smallest absolute Gasteiger partial charge is 0.407 e. The third kappa shape index (κ3) is 26.8. The third-order valence-corrected chi connectivity index (χ3v) is 16.2. The fraction of sp³-hybridized carbons (Fsp3) is 0.373. The number of alkyl carbamates (subject to hydrolysis) is 1. The molecule has 524 valence electrons. The number of rotatable bonds is 39. The van der Waals surface area contributed by atoms with Crippen LogP contribution in [0.4, 0.5) is 4.79 Å². The maximum atomic E-state index is 14.7. The van der Waals surface area contributed by atoms with Crippen molar-refractivity contribution in [2.75, 3.05) is 13.1 Å². The number of primary amides is 2. The second-order valence-electron chi connectivity index (χ2n) is 23.8. The van der Waals surface area contributed by atoms with Crippen LogP contribution in [0.5, 0.6) is 11.5 Å². The van der Waals surface area contributed by atoms with E-state index in [4.69, 9.17) is 27.1 Å². The van der Waals surface area contributed by atoms with Gasteiger partial charge in [-0.2, -0.15) is 0 Å². The van der Waals surface area contributed by atoms with Crippen molar-refractivity contribution in [2.24, 2.45) is 28.3 Å². The highest BCUT2D eigenvalue weighted by Gasteiger charge is 2.35. The van der Waals surface area contributed by atoms with Crippen molar-refractivity contribution in [3.63, 3.8) is 0 Å². The average molecular weight is 1370 g/mol. The van der Waals surface area contributed by atoms with E-state index in [1.807, 2.05) is 0 Å². The minimum absolute atomic E-state index is 0.00892. The van der Waals surface area contributed by atoms with Crippen molar-refractivity contribution >= 4 is 69.3 Å². The lowest BCUT2D eigenvalue weighted by atomic mass is 9.99. The van der Waals surface area contributed by atoms with Crippen molar-refractivity contribution in [2.45, 2.75) is 145 Å². The number of hydrogen-bond acceptors (Lipinski definition) is 18. The van der Waals surface area contributed by atoms with E-state index in [1.165, 1.54) is 71.5 Å². The molecule has 0 fully saturated rings. The van der Waals surface area contributed by atoms with Crippen molar-refractivity contribution in [3.05, 3.63) is 173 Å². The molecule has 10 amide bonds. The fourth-order valence-corrected chi connectivity index (χ4v) is 10.6. The SMILES string of the molecule is CC(C)C[C@H](NC(=O)[C@H](CCC(N)=O)NC(=O)[C@H](Cc1ccc(O)cc1)NC(=O)[C@H](Cc1ccccc1)NC(=O)[C@@H](N)CCCCNC(=O)OCc1cn(CC(=O)NCCc2ccc(S(N)(=O)=O)cc2)nn1)C(=O)N[C@@H](Cc1ccc(O)cc1)C(=O)N[C@@H](Cc1ccccc1)C(N)=O. The van der Waals surface area contributed by atoms with Gasteiger partial charge in [0.1, 0.15) is 66.6 Å². The molecule has 0 aliphatic carbocycles. The molecule has 18 N–H and O–H groups in total. The number of amides is 10. The Morgan fingerprint density at radius 2 is 0.980 bits per heavy atom. The number of aromatic nitrogens is 3. The summed E-state index contributed by atoms with van der Waals surface area (Å²) >= 11 is 0. The topological polar surface area (TPSA) is 486 Å². The second kappa shape index (κ2) is 38.1. The maximum Gasteiger partial charge on any atom is 0.407 e. The van der Waals surface area contributed by atoms with Gasteiger partial charge in [-0.15, -0.1) is 5.10 Å². The molecular formula is C67H85N15O15S. The number of aromatic hydroxyl groups is 2. The number of unbranched alkanes of at least 4 members (excludes halogenated alkanes) is 1. The van der Waals surface area contributed by atoms with E-state index >= 15 is 0 Å². The molecule has 1 heterocycles. The molecule has 1 aromatic heterocycles. The van der Waals surface area contributed by atoms with E-state index in [0.717, 1.165) is 5.56 Å². The van der Waals surface area contributed by atoms with E-state index in [2.05, 4.69) is 52.8 Å². The zero-order chi connectivity index (χ0) is 71.3. The molecule has 0 bridgehead atoms. The molecule has 0 spiro atoms. The summed E-state index contributed by atoms with van der Waals surface area (Å²) in [5, 5.41) is 54.5. The minimum Gasteiger partial charge on any atom is -0.508 e. The van der Waals surface area contributed by atoms with Gasteiger partial charge < -0.3 is 74.7 Å². The Balaban J connectivity index is 1.07. The third-order valence-electron chi connectivity index (χ3n) is 15.3. The lowest BCUT2D eigenvalue weighted by molar-refractivity contribution is -0.135. The highest BCUT2D eigenvalue weighted by atomic mass is 32.2. The average Bonchev–Trinajstić information content (AvgIpc) is 0.961. The van der Waals surface area contributed by atoms with E-state index in [-0.39, 0.29) is 105 Å². The van der Waals surface area contributed by atoms with Crippen LogP contribution in [-0.4, -0.2) is 148 Å². The van der Waals surface area contributed by atoms with Crippen LogP contribution in [-0.2, 0) is 103 Å². The van der Waals surface area contributed by atoms with Gasteiger partial charge in [-0.05, 0) is 109 Å². The molecule has 31 heteroatoms. The Labute approximate surface area is 566 Å². The van der Waals surface area contributed by atoms with Crippen LogP contribution < -0.4 is 64.9 Å². The molecule has 5 aromatic carbocycles. The monoisotopic (exact) mass is 1370 g/mol. The zero-order valence-corrected chi connectivity index (χ0v) is 55.1. The Hall–Kier alpha value is -10.8. The first-order valence-corrected chi connectivity index (χ1v) is 33.2. The molecule has 0 unspecified atom stereocenters. The normalized spacial score (nSPS) is 13.4. The number of primary sulfonamides is 1. The van der Waals surface area contributed by atoms with Crippen molar-refractivity contribution in [1.82, 2.24) is 57.5 Å². The largest absolute Gasteiger partial charge is 0.508 e. The number of phenolic OH excluding ortho intramolecular Hbond substituents is 2. The summed E-state index contributed by atoms with van der Waals surface area (Å²) in [5.74, 6) is -7.57. The molecule has 0 aliphatic heterocycles. The molecule has 0 radical (unpaired) electrons. The van der Waals surface area contributed by atoms with E-state index < -0.39 is 112 Å². The molecule has 0 aliphatic rings. The van der Waals surface area contributed by atoms with Gasteiger partial charge in [0.2, 0.25) is 63.2 Å². The number of carbonyl (C=O) groups excluding carboxylic acids is 10. The van der Waals surface area contributed by atoms with Crippen LogP contribution >= 0.6 is 0 Å². The number of hydrogen-bond donors (Lipinski definition) is 14. The second-order valence-corrected chi connectivity index (χ2v) is 25.4. The predicted molar refractivity (Wildman–Crippen MR) is 357 cm³/mol. The molecule has 98 heavy (non-hydrogen) atoms. The first kappa shape index (κ1) is 76.2. The summed E-state index contributed by atoms with van der Waals surface area (Å²) in [6, 6.07) is 25.4. The highest BCUT2D eigenvalue weighted by Crippen LogP contribution is 2.17. The molecule has 6 rings (SSSR count). The van der Waals surface area contributed by atoms with Gasteiger partial charge in [0, 0.05) is 45.2 Å². The number of nitrogens with one attached hydrogen (secondary N) is 8. The first-order chi connectivity index (χ1) is 46.7. The van der Waals surface area contributed by atoms with E-state index in [1.54, 1.807) is 86.6 Å². The lowest BCUT2D eigenvalue weighted by Gasteiger charge is -2.28. The van der Waals surface area contributed by atoms with Crippen molar-refractivity contribution < 1.29 is 71.3 Å². The number of carbonyl (C=O) groups is 10. The van der Waals surface area contributed by atoms with Gasteiger partial charge in [-0.1, -0.05) is 116 Å². The van der Waals surface area contributed by atoms with Gasteiger partial charge in [0.15, 0.2) is 0 Å². The molecule has 0 saturated carbocycles. The predicted octanol–water partition coefficient (Wildman–Crippen LogP) is 0.0959. The summed E-state index contributed by atoms with van der Waals surface area (Å²) < 4.78 is 29.5. The van der Waals surface area contributed by atoms with E-state index in [9.17, 15) is 66.6 Å². The summed E-state index contributed by atoms with van der Waals surface area (Å²) in [7, 11) is -3.83. The standard InChI is InChI=1S/C67H85N15O15S/c1-41(2)33-54(63(90)78-57(37-46-18-24-49(84)25-19-46)65(92)75-53(60(70)87)34-43-11-5-3-6-12-43)77-62(89)52(28-29-58(69)85)74-64(91)56(36-45-16-22-48(83)23-17-45)79-66(93)55(35-44-13-7-4-8-14-44)76-61(88)51(68)15-9-10-31-73-67(94)97-40-47-38-82(81-80-47)39-59(86)72-32-30-42-20-26-50(27-21-42)98(71,95)96/h3-8,11-14,16-27,38,41,51-57,83-84H,9-10,15,28-37,39-40,68H2,1-2H3,(H2,69,85)(H2,70,87)(H,72,86)(H,73,94)(H,74,91)(H,75,92)(H,76,88)(H,77,89)(H,78,90)(H,79,93)(H2,71,95,96)/t51-,52-,53-,54-,55-,56-,57-/m0/s1. The summed E-state index contributed by atoms with van der Waals surface area (Å²) in [4.78, 5) is 136. The minimum atomic E-state index is -3.83.